The zero-order chi connectivity index (χ0) is 19.7. The number of rotatable bonds is 5. The molecule has 28 heavy (non-hydrogen) atoms. The Kier molecular flexibility index (Phi) is 5.02. The van der Waals surface area contributed by atoms with Crippen molar-refractivity contribution in [1.29, 1.82) is 0 Å². The van der Waals surface area contributed by atoms with E-state index in [0.717, 1.165) is 43.6 Å². The minimum atomic E-state index is -0.157. The van der Waals surface area contributed by atoms with Crippen LogP contribution in [0.4, 0.5) is 11.8 Å². The fourth-order valence-corrected chi connectivity index (χ4v) is 3.97. The van der Waals surface area contributed by atoms with E-state index in [1.807, 2.05) is 12.1 Å². The molecule has 0 aliphatic carbocycles. The number of benzene rings is 1. The van der Waals surface area contributed by atoms with Crippen LogP contribution in [-0.2, 0) is 17.7 Å². The number of aromatic nitrogens is 2. The molecule has 0 saturated carbocycles. The van der Waals surface area contributed by atoms with Crippen LogP contribution in [0, 0.1) is 0 Å². The van der Waals surface area contributed by atoms with Gasteiger partial charge in [0.2, 0.25) is 5.95 Å². The van der Waals surface area contributed by atoms with Crippen molar-refractivity contribution in [3.8, 4) is 5.75 Å². The van der Waals surface area contributed by atoms with Gasteiger partial charge in [-0.15, -0.1) is 0 Å². The quantitative estimate of drug-likeness (QED) is 0.785. The molecule has 3 heterocycles. The summed E-state index contributed by atoms with van der Waals surface area (Å²) in [6.45, 7) is 8.68. The van der Waals surface area contributed by atoms with E-state index in [4.69, 9.17) is 14.5 Å². The van der Waals surface area contributed by atoms with Crippen molar-refractivity contribution in [2.45, 2.75) is 32.4 Å². The van der Waals surface area contributed by atoms with Crippen molar-refractivity contribution in [3.63, 3.8) is 0 Å². The first-order chi connectivity index (χ1) is 13.5. The molecule has 0 bridgehead atoms. The van der Waals surface area contributed by atoms with Gasteiger partial charge in [0.1, 0.15) is 11.6 Å². The first kappa shape index (κ1) is 18.8. The highest BCUT2D eigenvalue weighted by molar-refractivity contribution is 5.49. The van der Waals surface area contributed by atoms with Crippen LogP contribution < -0.4 is 20.1 Å². The molecule has 2 aliphatic rings. The second-order valence-corrected chi connectivity index (χ2v) is 8.00. The zero-order valence-electron chi connectivity index (χ0n) is 16.9. The molecule has 4 rings (SSSR count). The van der Waals surface area contributed by atoms with Gasteiger partial charge in [-0.2, -0.15) is 4.98 Å². The van der Waals surface area contributed by atoms with Gasteiger partial charge in [0.05, 0.1) is 32.4 Å². The number of methoxy groups -OCH3 is 1. The van der Waals surface area contributed by atoms with Crippen molar-refractivity contribution in [3.05, 3.63) is 46.2 Å². The molecule has 1 saturated heterocycles. The van der Waals surface area contributed by atoms with Crippen molar-refractivity contribution in [2.75, 3.05) is 49.8 Å². The summed E-state index contributed by atoms with van der Waals surface area (Å²) in [6, 6.07) is 9.81. The third-order valence-electron chi connectivity index (χ3n) is 5.61. The molecule has 7 heteroatoms. The number of anilines is 2. The number of ether oxygens (including phenoxy) is 2. The summed E-state index contributed by atoms with van der Waals surface area (Å²) in [5.74, 6) is 2.39. The summed E-state index contributed by atoms with van der Waals surface area (Å²) < 4.78 is 12.5. The molecule has 0 unspecified atom stereocenters. The maximum Gasteiger partial charge on any atom is 0.257 e. The SMILES string of the molecule is COc1ccc(CCN2c3nc(N4CCOCC4)cc(=O)n3CC2(C)C)cc1. The van der Waals surface area contributed by atoms with E-state index in [-0.39, 0.29) is 11.1 Å². The monoisotopic (exact) mass is 384 g/mol. The highest BCUT2D eigenvalue weighted by Gasteiger charge is 2.38. The van der Waals surface area contributed by atoms with E-state index in [9.17, 15) is 4.79 Å². The van der Waals surface area contributed by atoms with Crippen LogP contribution in [0.1, 0.15) is 19.4 Å². The van der Waals surface area contributed by atoms with Gasteiger partial charge in [-0.3, -0.25) is 9.36 Å². The lowest BCUT2D eigenvalue weighted by atomic mass is 10.0. The Morgan fingerprint density at radius 3 is 2.57 bits per heavy atom. The summed E-state index contributed by atoms with van der Waals surface area (Å²) in [4.78, 5) is 22.1. The molecular formula is C21H28N4O3. The predicted molar refractivity (Wildman–Crippen MR) is 110 cm³/mol. The Balaban J connectivity index is 1.59. The van der Waals surface area contributed by atoms with Crippen molar-refractivity contribution in [1.82, 2.24) is 9.55 Å². The molecule has 2 aliphatic heterocycles. The van der Waals surface area contributed by atoms with Gasteiger partial charge in [-0.05, 0) is 38.0 Å². The van der Waals surface area contributed by atoms with Crippen LogP contribution in [0.15, 0.2) is 35.1 Å². The summed E-state index contributed by atoms with van der Waals surface area (Å²) in [5, 5.41) is 0. The fourth-order valence-electron chi connectivity index (χ4n) is 3.97. The smallest absolute Gasteiger partial charge is 0.257 e. The maximum absolute atomic E-state index is 12.8. The lowest BCUT2D eigenvalue weighted by Crippen LogP contribution is -2.43. The van der Waals surface area contributed by atoms with Gasteiger partial charge in [-0.25, -0.2) is 0 Å². The highest BCUT2D eigenvalue weighted by Crippen LogP contribution is 2.32. The van der Waals surface area contributed by atoms with Gasteiger partial charge in [0, 0.05) is 25.7 Å². The average Bonchev–Trinajstić information content (AvgIpc) is 2.97. The predicted octanol–water partition coefficient (Wildman–Crippen LogP) is 1.93. The standard InChI is InChI=1S/C21H28N4O3/c1-21(2)15-24-19(26)14-18(23-10-12-28-13-11-23)22-20(24)25(21)9-8-16-4-6-17(27-3)7-5-16/h4-7,14H,8-13,15H2,1-3H3. The maximum atomic E-state index is 12.8. The average molecular weight is 384 g/mol. The third-order valence-corrected chi connectivity index (χ3v) is 5.61. The topological polar surface area (TPSA) is 59.8 Å². The molecule has 2 aromatic rings. The summed E-state index contributed by atoms with van der Waals surface area (Å²) in [7, 11) is 1.67. The molecule has 150 valence electrons. The second kappa shape index (κ2) is 7.47. The van der Waals surface area contributed by atoms with Crippen LogP contribution >= 0.6 is 0 Å². The molecule has 1 fully saturated rings. The van der Waals surface area contributed by atoms with Gasteiger partial charge < -0.3 is 19.3 Å². The Morgan fingerprint density at radius 1 is 1.18 bits per heavy atom. The van der Waals surface area contributed by atoms with Gasteiger partial charge in [0.25, 0.3) is 5.56 Å². The summed E-state index contributed by atoms with van der Waals surface area (Å²) in [6.07, 6.45) is 0.880. The number of nitrogens with zero attached hydrogens (tertiary/aromatic N) is 4. The minimum absolute atomic E-state index is 0.0199. The number of hydrogen-bond donors (Lipinski definition) is 0. The first-order valence-corrected chi connectivity index (χ1v) is 9.83. The molecule has 0 spiro atoms. The Morgan fingerprint density at radius 2 is 1.89 bits per heavy atom. The van der Waals surface area contributed by atoms with E-state index in [2.05, 4.69) is 35.8 Å². The van der Waals surface area contributed by atoms with E-state index in [1.165, 1.54) is 5.56 Å². The normalized spacial score (nSPS) is 18.2. The first-order valence-electron chi connectivity index (χ1n) is 9.83. The molecule has 1 aromatic carbocycles. The number of morpholine rings is 1. The van der Waals surface area contributed by atoms with Gasteiger partial charge in [0.15, 0.2) is 0 Å². The van der Waals surface area contributed by atoms with Crippen LogP contribution in [0.25, 0.3) is 0 Å². The molecule has 1 aromatic heterocycles. The van der Waals surface area contributed by atoms with E-state index in [0.29, 0.717) is 19.8 Å². The zero-order valence-corrected chi connectivity index (χ0v) is 16.9. The van der Waals surface area contributed by atoms with Crippen molar-refractivity contribution in [2.24, 2.45) is 0 Å². The van der Waals surface area contributed by atoms with Gasteiger partial charge in [-0.1, -0.05) is 12.1 Å². The van der Waals surface area contributed by atoms with E-state index in [1.54, 1.807) is 17.7 Å². The molecular weight excluding hydrogens is 356 g/mol. The Hall–Kier alpha value is -2.54. The highest BCUT2D eigenvalue weighted by atomic mass is 16.5. The number of hydrogen-bond acceptors (Lipinski definition) is 6. The molecule has 7 nitrogen and oxygen atoms in total. The van der Waals surface area contributed by atoms with Crippen LogP contribution in [0.5, 0.6) is 5.75 Å². The van der Waals surface area contributed by atoms with Crippen LogP contribution in [0.2, 0.25) is 0 Å². The second-order valence-electron chi connectivity index (χ2n) is 8.00. The number of fused-ring (bicyclic) bond motifs is 1. The summed E-state index contributed by atoms with van der Waals surface area (Å²) >= 11 is 0. The van der Waals surface area contributed by atoms with Crippen molar-refractivity contribution < 1.29 is 9.47 Å². The van der Waals surface area contributed by atoms with Gasteiger partial charge >= 0.3 is 0 Å². The van der Waals surface area contributed by atoms with E-state index < -0.39 is 0 Å². The Labute approximate surface area is 165 Å². The third kappa shape index (κ3) is 3.58. The van der Waals surface area contributed by atoms with Crippen LogP contribution in [0.3, 0.4) is 0 Å². The molecule has 0 N–H and O–H groups in total. The molecule has 0 atom stereocenters. The minimum Gasteiger partial charge on any atom is -0.497 e. The fraction of sp³-hybridized carbons (Fsp3) is 0.524. The van der Waals surface area contributed by atoms with Crippen LogP contribution in [-0.4, -0.2) is 55.0 Å². The molecule has 0 amide bonds. The Bertz CT molecular complexity index is 886. The van der Waals surface area contributed by atoms with Crippen molar-refractivity contribution >= 4 is 11.8 Å². The largest absolute Gasteiger partial charge is 0.497 e. The lowest BCUT2D eigenvalue weighted by molar-refractivity contribution is 0.122. The lowest BCUT2D eigenvalue weighted by Gasteiger charge is -2.32. The summed E-state index contributed by atoms with van der Waals surface area (Å²) in [5.41, 5.74) is 1.10. The molecule has 0 radical (unpaired) electrons. The van der Waals surface area contributed by atoms with E-state index >= 15 is 0 Å².